The van der Waals surface area contributed by atoms with Gasteiger partial charge in [-0.05, 0) is 43.5 Å². The number of nitrogens with zero attached hydrogens (tertiary/aromatic N) is 3. The van der Waals surface area contributed by atoms with E-state index in [0.29, 0.717) is 16.6 Å². The van der Waals surface area contributed by atoms with Crippen molar-refractivity contribution in [2.45, 2.75) is 49.2 Å². The van der Waals surface area contributed by atoms with Gasteiger partial charge in [-0.1, -0.05) is 37.7 Å². The molecule has 0 saturated carbocycles. The van der Waals surface area contributed by atoms with Crippen molar-refractivity contribution in [1.29, 1.82) is 0 Å². The number of piperidine rings is 1. The Labute approximate surface area is 182 Å². The quantitative estimate of drug-likeness (QED) is 0.528. The monoisotopic (exact) mass is 451 g/mol. The molecule has 6 nitrogen and oxygen atoms in total. The van der Waals surface area contributed by atoms with Gasteiger partial charge in [0, 0.05) is 11.8 Å². The van der Waals surface area contributed by atoms with E-state index in [1.807, 2.05) is 6.07 Å². The van der Waals surface area contributed by atoms with E-state index in [4.69, 9.17) is 5.10 Å². The Balaban J connectivity index is 1.73. The minimum absolute atomic E-state index is 0.188. The fourth-order valence-electron chi connectivity index (χ4n) is 3.53. The van der Waals surface area contributed by atoms with Gasteiger partial charge in [0.05, 0.1) is 23.3 Å². The van der Waals surface area contributed by atoms with Crippen molar-refractivity contribution >= 4 is 28.8 Å². The molecule has 4 rings (SSSR count). The number of nitrogens with one attached hydrogen (secondary N) is 2. The Morgan fingerprint density at radius 1 is 1.26 bits per heavy atom. The summed E-state index contributed by atoms with van der Waals surface area (Å²) in [5.74, 6) is -0.112. The molecule has 0 spiro atoms. The molecular weight excluding hydrogens is 427 g/mol. The number of hydrogen-bond donors (Lipinski definition) is 2. The van der Waals surface area contributed by atoms with Gasteiger partial charge in [0.1, 0.15) is 5.03 Å². The van der Waals surface area contributed by atoms with Gasteiger partial charge in [-0.3, -0.25) is 0 Å². The number of ether oxygens (including phenoxy) is 1. The van der Waals surface area contributed by atoms with Crippen LogP contribution in [0.2, 0.25) is 0 Å². The molecule has 1 aliphatic rings. The normalized spacial score (nSPS) is 17.3. The van der Waals surface area contributed by atoms with E-state index in [0.717, 1.165) is 36.7 Å². The summed E-state index contributed by atoms with van der Waals surface area (Å²) < 4.78 is 44.5. The summed E-state index contributed by atoms with van der Waals surface area (Å²) in [5, 5.41) is 12.4. The number of halogens is 3. The Bertz CT molecular complexity index is 1050. The molecule has 2 N–H and O–H groups in total. The van der Waals surface area contributed by atoms with Crippen molar-refractivity contribution in [3.63, 3.8) is 0 Å². The molecule has 3 aromatic rings. The average Bonchev–Trinajstić information content (AvgIpc) is 3.14. The molecule has 1 saturated heterocycles. The van der Waals surface area contributed by atoms with Gasteiger partial charge in [-0.15, -0.1) is 13.2 Å². The molecule has 2 aromatic heterocycles. The molecular formula is C21H24F3N5OS. The molecule has 0 amide bonds. The van der Waals surface area contributed by atoms with Gasteiger partial charge in [-0.25, -0.2) is 9.50 Å². The van der Waals surface area contributed by atoms with Crippen molar-refractivity contribution in [1.82, 2.24) is 19.9 Å². The van der Waals surface area contributed by atoms with Crippen molar-refractivity contribution < 1.29 is 17.9 Å². The van der Waals surface area contributed by atoms with Gasteiger partial charge in [0.2, 0.25) is 0 Å². The van der Waals surface area contributed by atoms with Crippen LogP contribution in [-0.2, 0) is 0 Å². The molecule has 1 aliphatic heterocycles. The van der Waals surface area contributed by atoms with E-state index in [1.165, 1.54) is 12.1 Å². The van der Waals surface area contributed by atoms with Gasteiger partial charge in [0.25, 0.3) is 0 Å². The summed E-state index contributed by atoms with van der Waals surface area (Å²) in [6.45, 7) is 6.02. The van der Waals surface area contributed by atoms with Crippen molar-refractivity contribution in [2.75, 3.05) is 18.4 Å². The van der Waals surface area contributed by atoms with E-state index in [9.17, 15) is 13.2 Å². The third-order valence-electron chi connectivity index (χ3n) is 4.98. The van der Waals surface area contributed by atoms with E-state index in [1.54, 1.807) is 34.6 Å². The van der Waals surface area contributed by atoms with Crippen molar-refractivity contribution in [3.05, 3.63) is 42.2 Å². The lowest BCUT2D eigenvalue weighted by Crippen LogP contribution is -2.31. The second-order valence-corrected chi connectivity index (χ2v) is 9.05. The molecule has 1 atom stereocenters. The number of thioether (sulfide) groups is 1. The van der Waals surface area contributed by atoms with Crippen LogP contribution in [0.4, 0.5) is 24.5 Å². The van der Waals surface area contributed by atoms with Gasteiger partial charge < -0.3 is 15.4 Å². The second kappa shape index (κ2) is 8.96. The maximum Gasteiger partial charge on any atom is 0.573 e. The van der Waals surface area contributed by atoms with Crippen LogP contribution in [0, 0.1) is 0 Å². The molecule has 10 heteroatoms. The predicted octanol–water partition coefficient (Wildman–Crippen LogP) is 5.34. The number of imidazole rings is 1. The van der Waals surface area contributed by atoms with E-state index < -0.39 is 6.36 Å². The summed E-state index contributed by atoms with van der Waals surface area (Å²) in [6.07, 6.45) is -0.829. The van der Waals surface area contributed by atoms with Crippen LogP contribution in [0.1, 0.15) is 38.3 Å². The van der Waals surface area contributed by atoms with Gasteiger partial charge >= 0.3 is 6.36 Å². The first-order valence-electron chi connectivity index (χ1n) is 10.2. The lowest BCUT2D eigenvalue weighted by molar-refractivity contribution is -0.274. The van der Waals surface area contributed by atoms with Crippen LogP contribution in [-0.4, -0.2) is 39.3 Å². The first kappa shape index (κ1) is 21.8. The van der Waals surface area contributed by atoms with Crippen LogP contribution >= 0.6 is 11.8 Å². The fourth-order valence-corrected chi connectivity index (χ4v) is 4.67. The number of benzene rings is 1. The summed E-state index contributed by atoms with van der Waals surface area (Å²) in [4.78, 5) is 4.48. The molecule has 1 unspecified atom stereocenters. The van der Waals surface area contributed by atoms with Gasteiger partial charge in [0.15, 0.2) is 11.4 Å². The van der Waals surface area contributed by atoms with Crippen LogP contribution in [0.5, 0.6) is 5.75 Å². The van der Waals surface area contributed by atoms with Gasteiger partial charge in [-0.2, -0.15) is 5.10 Å². The second-order valence-electron chi connectivity index (χ2n) is 7.72. The Morgan fingerprint density at radius 2 is 2.06 bits per heavy atom. The van der Waals surface area contributed by atoms with E-state index in [-0.39, 0.29) is 17.4 Å². The SMILES string of the molecule is CC(C)c1cnc2c(Nc3ccccc3OC(F)(F)F)cc(SC3CCCNC3)nn12. The fraction of sp³-hybridized carbons (Fsp3) is 0.429. The predicted molar refractivity (Wildman–Crippen MR) is 115 cm³/mol. The number of fused-ring (bicyclic) bond motifs is 1. The number of anilines is 2. The smallest absolute Gasteiger partial charge is 0.404 e. The maximum atomic E-state index is 12.8. The topological polar surface area (TPSA) is 63.5 Å². The van der Waals surface area contributed by atoms with Crippen LogP contribution in [0.15, 0.2) is 41.6 Å². The largest absolute Gasteiger partial charge is 0.573 e. The zero-order valence-electron chi connectivity index (χ0n) is 17.2. The third kappa shape index (κ3) is 5.24. The minimum atomic E-state index is -4.78. The molecule has 3 heterocycles. The summed E-state index contributed by atoms with van der Waals surface area (Å²) in [7, 11) is 0. The van der Waals surface area contributed by atoms with Crippen LogP contribution in [0.25, 0.3) is 5.65 Å². The highest BCUT2D eigenvalue weighted by Gasteiger charge is 2.32. The Kier molecular flexibility index (Phi) is 6.29. The summed E-state index contributed by atoms with van der Waals surface area (Å²) in [5.41, 5.74) is 2.27. The summed E-state index contributed by atoms with van der Waals surface area (Å²) >= 11 is 1.67. The zero-order valence-corrected chi connectivity index (χ0v) is 18.1. The molecule has 166 valence electrons. The molecule has 1 fully saturated rings. The maximum absolute atomic E-state index is 12.8. The molecule has 31 heavy (non-hydrogen) atoms. The molecule has 1 aromatic carbocycles. The van der Waals surface area contributed by atoms with E-state index >= 15 is 0 Å². The zero-order chi connectivity index (χ0) is 22.0. The Hall–Kier alpha value is -2.46. The highest BCUT2D eigenvalue weighted by Crippen LogP contribution is 2.35. The highest BCUT2D eigenvalue weighted by atomic mass is 32.2. The average molecular weight is 452 g/mol. The van der Waals surface area contributed by atoms with E-state index in [2.05, 4.69) is 34.2 Å². The number of para-hydroxylation sites is 2. The first-order valence-corrected chi connectivity index (χ1v) is 11.1. The minimum Gasteiger partial charge on any atom is -0.404 e. The number of aromatic nitrogens is 3. The van der Waals surface area contributed by atoms with Crippen LogP contribution < -0.4 is 15.4 Å². The first-order chi connectivity index (χ1) is 14.8. The Morgan fingerprint density at radius 3 is 2.77 bits per heavy atom. The number of alkyl halides is 3. The molecule has 0 radical (unpaired) electrons. The number of hydrogen-bond acceptors (Lipinski definition) is 6. The van der Waals surface area contributed by atoms with Crippen molar-refractivity contribution in [3.8, 4) is 5.75 Å². The third-order valence-corrected chi connectivity index (χ3v) is 6.16. The standard InChI is InChI=1S/C21H24F3N5OS/c1-13(2)17-12-26-20-16(27-15-7-3-4-8-18(15)30-21(22,23)24)10-19(28-29(17)20)31-14-6-5-9-25-11-14/h3-4,7-8,10,12-14,25,27H,5-6,9,11H2,1-2H3. The molecule has 0 aliphatic carbocycles. The van der Waals surface area contributed by atoms with Crippen molar-refractivity contribution in [2.24, 2.45) is 0 Å². The lowest BCUT2D eigenvalue weighted by atomic mass is 10.2. The summed E-state index contributed by atoms with van der Waals surface area (Å²) in [6, 6.07) is 7.82. The molecule has 0 bridgehead atoms. The lowest BCUT2D eigenvalue weighted by Gasteiger charge is -2.22. The highest BCUT2D eigenvalue weighted by molar-refractivity contribution is 7.99. The number of rotatable bonds is 6. The van der Waals surface area contributed by atoms with Crippen LogP contribution in [0.3, 0.4) is 0 Å².